The molecule has 0 amide bonds. The van der Waals surface area contributed by atoms with E-state index in [-0.39, 0.29) is 0 Å². The van der Waals surface area contributed by atoms with Crippen molar-refractivity contribution in [1.29, 1.82) is 0 Å². The third-order valence-electron chi connectivity index (χ3n) is 2.71. The molecule has 2 aromatic rings. The van der Waals surface area contributed by atoms with E-state index in [4.69, 9.17) is 0 Å². The summed E-state index contributed by atoms with van der Waals surface area (Å²) in [5, 5.41) is 5.41. The Hall–Kier alpha value is -1.20. The third kappa shape index (κ3) is 2.73. The maximum Gasteiger partial charge on any atom is 0.150 e. The zero-order valence-corrected chi connectivity index (χ0v) is 11.1. The number of nitrogens with zero attached hydrogens (tertiary/aromatic N) is 3. The van der Waals surface area contributed by atoms with Gasteiger partial charge in [0.2, 0.25) is 0 Å². The molecule has 0 spiro atoms. The molecule has 0 atom stereocenters. The first-order valence-electron chi connectivity index (χ1n) is 6.00. The molecule has 0 radical (unpaired) electrons. The average Bonchev–Trinajstić information content (AvgIpc) is 2.83. The largest absolute Gasteiger partial charge is 0.354 e. The van der Waals surface area contributed by atoms with Gasteiger partial charge in [0.15, 0.2) is 0 Å². The molecular weight excluding hydrogens is 232 g/mol. The first-order chi connectivity index (χ1) is 8.36. The number of hydrogen-bond donors (Lipinski definition) is 1. The molecule has 2 rings (SSSR count). The normalized spacial score (nSPS) is 10.9. The summed E-state index contributed by atoms with van der Waals surface area (Å²) in [6, 6.07) is 2.04. The Kier molecular flexibility index (Phi) is 4.28. The minimum Gasteiger partial charge on any atom is -0.354 e. The summed E-state index contributed by atoms with van der Waals surface area (Å²) >= 11 is 1.71. The Morgan fingerprint density at radius 2 is 2.24 bits per heavy atom. The van der Waals surface area contributed by atoms with Gasteiger partial charge in [0.05, 0.1) is 10.2 Å². The van der Waals surface area contributed by atoms with Crippen LogP contribution in [0.4, 0.5) is 5.82 Å². The van der Waals surface area contributed by atoms with Crippen molar-refractivity contribution in [3.05, 3.63) is 17.8 Å². The van der Waals surface area contributed by atoms with Crippen molar-refractivity contribution in [1.82, 2.24) is 15.3 Å². The Bertz CT molecular complexity index is 468. The van der Waals surface area contributed by atoms with Crippen molar-refractivity contribution in [3.63, 3.8) is 0 Å². The van der Waals surface area contributed by atoms with Gasteiger partial charge in [-0.1, -0.05) is 6.92 Å². The van der Waals surface area contributed by atoms with Crippen molar-refractivity contribution in [2.24, 2.45) is 0 Å². The predicted octanol–water partition coefficient (Wildman–Crippen LogP) is 2.13. The molecule has 4 nitrogen and oxygen atoms in total. The average molecular weight is 250 g/mol. The van der Waals surface area contributed by atoms with E-state index in [1.54, 1.807) is 17.7 Å². The zero-order valence-electron chi connectivity index (χ0n) is 10.3. The van der Waals surface area contributed by atoms with Gasteiger partial charge in [0, 0.05) is 19.6 Å². The Labute approximate surface area is 106 Å². The van der Waals surface area contributed by atoms with Crippen LogP contribution in [0.15, 0.2) is 17.8 Å². The van der Waals surface area contributed by atoms with Crippen LogP contribution in [0.1, 0.15) is 13.8 Å². The molecule has 1 N–H and O–H groups in total. The molecule has 5 heteroatoms. The van der Waals surface area contributed by atoms with Crippen molar-refractivity contribution in [2.45, 2.75) is 13.8 Å². The fraction of sp³-hybridized carbons (Fsp3) is 0.500. The maximum atomic E-state index is 4.43. The van der Waals surface area contributed by atoms with Gasteiger partial charge in [0.1, 0.15) is 12.1 Å². The lowest BCUT2D eigenvalue weighted by Gasteiger charge is -2.22. The molecule has 0 aliphatic rings. The second-order valence-corrected chi connectivity index (χ2v) is 4.68. The lowest BCUT2D eigenvalue weighted by atomic mass is 10.4. The quantitative estimate of drug-likeness (QED) is 0.797. The lowest BCUT2D eigenvalue weighted by Crippen LogP contribution is -2.32. The fourth-order valence-electron chi connectivity index (χ4n) is 1.81. The second kappa shape index (κ2) is 5.93. The summed E-state index contributed by atoms with van der Waals surface area (Å²) in [6.07, 6.45) is 1.65. The summed E-state index contributed by atoms with van der Waals surface area (Å²) < 4.78 is 1.19. The number of hydrogen-bond acceptors (Lipinski definition) is 5. The topological polar surface area (TPSA) is 41.0 Å². The molecule has 0 fully saturated rings. The van der Waals surface area contributed by atoms with Crippen molar-refractivity contribution < 1.29 is 0 Å². The van der Waals surface area contributed by atoms with E-state index in [2.05, 4.69) is 39.4 Å². The number of fused-ring (bicyclic) bond motifs is 1. The zero-order chi connectivity index (χ0) is 12.1. The molecule has 17 heavy (non-hydrogen) atoms. The van der Waals surface area contributed by atoms with Gasteiger partial charge in [-0.25, -0.2) is 9.97 Å². The monoisotopic (exact) mass is 250 g/mol. The number of nitrogens with one attached hydrogen (secondary N) is 1. The lowest BCUT2D eigenvalue weighted by molar-refractivity contribution is 0.685. The highest BCUT2D eigenvalue weighted by Gasteiger charge is 2.11. The highest BCUT2D eigenvalue weighted by Crippen LogP contribution is 2.27. The van der Waals surface area contributed by atoms with Crippen molar-refractivity contribution in [2.75, 3.05) is 31.1 Å². The Balaban J connectivity index is 2.20. The van der Waals surface area contributed by atoms with E-state index in [9.17, 15) is 0 Å². The van der Waals surface area contributed by atoms with Crippen LogP contribution in [0.3, 0.4) is 0 Å². The summed E-state index contributed by atoms with van der Waals surface area (Å²) in [5.41, 5.74) is 1.04. The Morgan fingerprint density at radius 1 is 1.35 bits per heavy atom. The number of thiophene rings is 1. The van der Waals surface area contributed by atoms with Gasteiger partial charge in [-0.15, -0.1) is 11.3 Å². The van der Waals surface area contributed by atoms with Crippen LogP contribution in [0.5, 0.6) is 0 Å². The van der Waals surface area contributed by atoms with Crippen molar-refractivity contribution >= 4 is 27.4 Å². The first-order valence-corrected chi connectivity index (χ1v) is 6.88. The van der Waals surface area contributed by atoms with Gasteiger partial charge >= 0.3 is 0 Å². The first kappa shape index (κ1) is 12.3. The summed E-state index contributed by atoms with van der Waals surface area (Å²) in [7, 11) is 0. The molecule has 0 saturated heterocycles. The van der Waals surface area contributed by atoms with E-state index in [0.717, 1.165) is 37.5 Å². The van der Waals surface area contributed by atoms with Crippen molar-refractivity contribution in [3.8, 4) is 0 Å². The summed E-state index contributed by atoms with van der Waals surface area (Å²) in [5.74, 6) is 1.06. The number of anilines is 1. The summed E-state index contributed by atoms with van der Waals surface area (Å²) in [4.78, 5) is 11.0. The van der Waals surface area contributed by atoms with E-state index in [0.29, 0.717) is 0 Å². The standard InChI is InChI=1S/C12H18N4S/c1-3-13-6-7-16(4-2)12-11-10(5-8-17-11)14-9-15-12/h5,8-9,13H,3-4,6-7H2,1-2H3. The molecule has 92 valence electrons. The van der Waals surface area contributed by atoms with Crippen LogP contribution < -0.4 is 10.2 Å². The van der Waals surface area contributed by atoms with E-state index >= 15 is 0 Å². The molecule has 0 aliphatic carbocycles. The molecule has 0 bridgehead atoms. The highest BCUT2D eigenvalue weighted by atomic mass is 32.1. The van der Waals surface area contributed by atoms with Crippen LogP contribution in [-0.4, -0.2) is 36.1 Å². The molecule has 0 aliphatic heterocycles. The van der Waals surface area contributed by atoms with Crippen LogP contribution in [-0.2, 0) is 0 Å². The molecular formula is C12H18N4S. The van der Waals surface area contributed by atoms with Gasteiger partial charge in [0.25, 0.3) is 0 Å². The van der Waals surface area contributed by atoms with Crippen LogP contribution in [0.25, 0.3) is 10.2 Å². The SMILES string of the molecule is CCNCCN(CC)c1ncnc2ccsc12. The smallest absolute Gasteiger partial charge is 0.150 e. The predicted molar refractivity (Wildman–Crippen MR) is 73.8 cm³/mol. The van der Waals surface area contributed by atoms with Gasteiger partial charge in [-0.2, -0.15) is 0 Å². The van der Waals surface area contributed by atoms with Gasteiger partial charge < -0.3 is 10.2 Å². The maximum absolute atomic E-state index is 4.43. The van der Waals surface area contributed by atoms with Crippen LogP contribution in [0, 0.1) is 0 Å². The number of rotatable bonds is 6. The van der Waals surface area contributed by atoms with Gasteiger partial charge in [-0.3, -0.25) is 0 Å². The number of likely N-dealkylation sites (N-methyl/N-ethyl adjacent to an activating group) is 2. The highest BCUT2D eigenvalue weighted by molar-refractivity contribution is 7.17. The third-order valence-corrected chi connectivity index (χ3v) is 3.61. The molecule has 0 unspecified atom stereocenters. The van der Waals surface area contributed by atoms with E-state index in [1.165, 1.54) is 4.70 Å². The molecule has 0 aromatic carbocycles. The number of aromatic nitrogens is 2. The van der Waals surface area contributed by atoms with E-state index < -0.39 is 0 Å². The van der Waals surface area contributed by atoms with Gasteiger partial charge in [-0.05, 0) is 24.9 Å². The minimum absolute atomic E-state index is 0.968. The second-order valence-electron chi connectivity index (χ2n) is 3.77. The van der Waals surface area contributed by atoms with Crippen LogP contribution in [0.2, 0.25) is 0 Å². The fourth-order valence-corrected chi connectivity index (χ4v) is 2.67. The summed E-state index contributed by atoms with van der Waals surface area (Å²) in [6.45, 7) is 8.23. The van der Waals surface area contributed by atoms with E-state index in [1.807, 2.05) is 6.07 Å². The Morgan fingerprint density at radius 3 is 3.00 bits per heavy atom. The minimum atomic E-state index is 0.968. The molecule has 2 heterocycles. The van der Waals surface area contributed by atoms with Crippen LogP contribution >= 0.6 is 11.3 Å². The molecule has 0 saturated carbocycles. The molecule has 2 aromatic heterocycles.